The van der Waals surface area contributed by atoms with Crippen LogP contribution in [0.15, 0.2) is 0 Å². The number of hydrogen-bond donors (Lipinski definition) is 1. The molecule has 1 N–H and O–H groups in total. The van der Waals surface area contributed by atoms with Gasteiger partial charge in [0, 0.05) is 12.1 Å². The van der Waals surface area contributed by atoms with E-state index in [9.17, 15) is 4.21 Å². The van der Waals surface area contributed by atoms with Crippen molar-refractivity contribution < 1.29 is 8.76 Å². The third kappa shape index (κ3) is 4.18. The monoisotopic (exact) mass is 193 g/mol. The van der Waals surface area contributed by atoms with E-state index in [0.717, 1.165) is 0 Å². The van der Waals surface area contributed by atoms with E-state index in [4.69, 9.17) is 4.55 Å². The van der Waals surface area contributed by atoms with Crippen molar-refractivity contribution in [3.63, 3.8) is 0 Å². The van der Waals surface area contributed by atoms with Crippen molar-refractivity contribution in [3.05, 3.63) is 0 Å². The molecular weight excluding hydrogens is 174 g/mol. The van der Waals surface area contributed by atoms with E-state index >= 15 is 0 Å². The van der Waals surface area contributed by atoms with Gasteiger partial charge in [-0.05, 0) is 26.7 Å². The molecule has 1 atom stereocenters. The SMILES string of the molecule is CC(C)CN(S(=O)O)C(C)(C)C. The Kier molecular flexibility index (Phi) is 4.37. The van der Waals surface area contributed by atoms with Crippen LogP contribution < -0.4 is 0 Å². The zero-order chi connectivity index (χ0) is 9.94. The molecule has 0 saturated carbocycles. The van der Waals surface area contributed by atoms with E-state index in [1.807, 2.05) is 34.6 Å². The maximum Gasteiger partial charge on any atom is 0.235 e. The zero-order valence-electron chi connectivity index (χ0n) is 8.50. The number of rotatable bonds is 3. The highest BCUT2D eigenvalue weighted by Crippen LogP contribution is 2.16. The maximum absolute atomic E-state index is 10.9. The van der Waals surface area contributed by atoms with Gasteiger partial charge in [0.05, 0.1) is 0 Å². The first-order valence-electron chi connectivity index (χ1n) is 4.13. The Morgan fingerprint density at radius 3 is 1.92 bits per heavy atom. The van der Waals surface area contributed by atoms with Gasteiger partial charge in [-0.2, -0.15) is 4.31 Å². The standard InChI is InChI=1S/C8H19NO2S/c1-7(2)6-9(12(10)11)8(3,4)5/h7H,6H2,1-5H3,(H,10,11). The van der Waals surface area contributed by atoms with E-state index in [-0.39, 0.29) is 5.54 Å². The minimum atomic E-state index is -1.86. The fraction of sp³-hybridized carbons (Fsp3) is 1.00. The van der Waals surface area contributed by atoms with E-state index in [0.29, 0.717) is 12.5 Å². The molecule has 0 fully saturated rings. The summed E-state index contributed by atoms with van der Waals surface area (Å²) in [5.74, 6) is 0.403. The van der Waals surface area contributed by atoms with Crippen molar-refractivity contribution in [2.45, 2.75) is 40.2 Å². The van der Waals surface area contributed by atoms with Gasteiger partial charge in [0.15, 0.2) is 0 Å². The van der Waals surface area contributed by atoms with Crippen molar-refractivity contribution >= 4 is 11.3 Å². The summed E-state index contributed by atoms with van der Waals surface area (Å²) >= 11 is -1.86. The molecule has 0 aliphatic carbocycles. The summed E-state index contributed by atoms with van der Waals surface area (Å²) in [5, 5.41) is 0. The van der Waals surface area contributed by atoms with Crippen molar-refractivity contribution in [2.75, 3.05) is 6.54 Å². The van der Waals surface area contributed by atoms with Crippen LogP contribution in [0.1, 0.15) is 34.6 Å². The molecule has 12 heavy (non-hydrogen) atoms. The van der Waals surface area contributed by atoms with Crippen molar-refractivity contribution in [2.24, 2.45) is 5.92 Å². The summed E-state index contributed by atoms with van der Waals surface area (Å²) in [6.45, 7) is 10.5. The highest BCUT2D eigenvalue weighted by Gasteiger charge is 2.26. The first-order valence-corrected chi connectivity index (χ1v) is 5.20. The van der Waals surface area contributed by atoms with Gasteiger partial charge in [-0.15, -0.1) is 0 Å². The Labute approximate surface area is 77.6 Å². The average molecular weight is 193 g/mol. The fourth-order valence-electron chi connectivity index (χ4n) is 0.904. The summed E-state index contributed by atoms with van der Waals surface area (Å²) in [6, 6.07) is 0. The first-order chi connectivity index (χ1) is 5.25. The molecule has 1 unspecified atom stereocenters. The van der Waals surface area contributed by atoms with E-state index in [1.54, 1.807) is 4.31 Å². The van der Waals surface area contributed by atoms with Crippen molar-refractivity contribution in [1.29, 1.82) is 0 Å². The zero-order valence-corrected chi connectivity index (χ0v) is 9.31. The molecule has 0 bridgehead atoms. The highest BCUT2D eigenvalue weighted by atomic mass is 32.2. The van der Waals surface area contributed by atoms with Gasteiger partial charge >= 0.3 is 0 Å². The summed E-state index contributed by atoms with van der Waals surface area (Å²) in [5.41, 5.74) is -0.246. The van der Waals surface area contributed by atoms with Crippen LogP contribution in [0, 0.1) is 5.92 Å². The smallest absolute Gasteiger partial charge is 0.235 e. The molecule has 0 amide bonds. The summed E-state index contributed by atoms with van der Waals surface area (Å²) in [6.07, 6.45) is 0. The summed E-state index contributed by atoms with van der Waals surface area (Å²) in [7, 11) is 0. The van der Waals surface area contributed by atoms with Crippen LogP contribution in [-0.4, -0.2) is 25.2 Å². The van der Waals surface area contributed by atoms with Gasteiger partial charge in [-0.1, -0.05) is 13.8 Å². The van der Waals surface area contributed by atoms with E-state index in [2.05, 4.69) is 0 Å². The molecule has 0 radical (unpaired) electrons. The molecule has 0 saturated heterocycles. The molecule has 3 nitrogen and oxygen atoms in total. The molecule has 0 aromatic rings. The Morgan fingerprint density at radius 2 is 1.83 bits per heavy atom. The first kappa shape index (κ1) is 12.1. The Hall–Kier alpha value is 0.0700. The topological polar surface area (TPSA) is 40.5 Å². The molecule has 0 aromatic heterocycles. The van der Waals surface area contributed by atoms with Crippen LogP contribution in [0.4, 0.5) is 0 Å². The molecule has 0 aliphatic rings. The summed E-state index contributed by atoms with van der Waals surface area (Å²) in [4.78, 5) is 0. The van der Waals surface area contributed by atoms with Gasteiger partial charge < -0.3 is 0 Å². The largest absolute Gasteiger partial charge is 0.294 e. The van der Waals surface area contributed by atoms with Gasteiger partial charge in [0.25, 0.3) is 0 Å². The lowest BCUT2D eigenvalue weighted by atomic mass is 10.1. The van der Waals surface area contributed by atoms with Crippen LogP contribution in [0.3, 0.4) is 0 Å². The van der Waals surface area contributed by atoms with Crippen LogP contribution >= 0.6 is 0 Å². The summed E-state index contributed by atoms with van der Waals surface area (Å²) < 4.78 is 21.5. The molecule has 0 aromatic carbocycles. The highest BCUT2D eigenvalue weighted by molar-refractivity contribution is 7.76. The van der Waals surface area contributed by atoms with Gasteiger partial charge in [-0.25, -0.2) is 4.21 Å². The van der Waals surface area contributed by atoms with Gasteiger partial charge in [0.2, 0.25) is 11.3 Å². The van der Waals surface area contributed by atoms with E-state index < -0.39 is 11.3 Å². The average Bonchev–Trinajstić information content (AvgIpc) is 1.79. The maximum atomic E-state index is 10.9. The minimum Gasteiger partial charge on any atom is -0.294 e. The quantitative estimate of drug-likeness (QED) is 0.695. The molecule has 0 rings (SSSR count). The lowest BCUT2D eigenvalue weighted by molar-refractivity contribution is 0.223. The van der Waals surface area contributed by atoms with Crippen molar-refractivity contribution in [1.82, 2.24) is 4.31 Å². The Bertz CT molecular complexity index is 163. The molecule has 4 heteroatoms. The van der Waals surface area contributed by atoms with Gasteiger partial charge in [-0.3, -0.25) is 4.55 Å². The van der Waals surface area contributed by atoms with Crippen LogP contribution in [0.25, 0.3) is 0 Å². The third-order valence-electron chi connectivity index (χ3n) is 1.47. The number of hydrogen-bond acceptors (Lipinski definition) is 1. The second-order valence-electron chi connectivity index (χ2n) is 4.36. The second-order valence-corrected chi connectivity index (χ2v) is 5.26. The molecule has 0 spiro atoms. The predicted molar refractivity (Wildman–Crippen MR) is 52.1 cm³/mol. The predicted octanol–water partition coefficient (Wildman–Crippen LogP) is 1.88. The van der Waals surface area contributed by atoms with Crippen LogP contribution in [0.2, 0.25) is 0 Å². The Morgan fingerprint density at radius 1 is 1.42 bits per heavy atom. The second kappa shape index (κ2) is 4.35. The van der Waals surface area contributed by atoms with Gasteiger partial charge in [0.1, 0.15) is 0 Å². The molecular formula is C8H19NO2S. The van der Waals surface area contributed by atoms with Crippen LogP contribution in [-0.2, 0) is 11.3 Å². The van der Waals surface area contributed by atoms with E-state index in [1.165, 1.54) is 0 Å². The fourth-order valence-corrected chi connectivity index (χ4v) is 1.80. The van der Waals surface area contributed by atoms with Crippen LogP contribution in [0.5, 0.6) is 0 Å². The van der Waals surface area contributed by atoms with Crippen molar-refractivity contribution in [3.8, 4) is 0 Å². The molecule has 74 valence electrons. The number of nitrogens with zero attached hydrogens (tertiary/aromatic N) is 1. The molecule has 0 heterocycles. The minimum absolute atomic E-state index is 0.246. The normalized spacial score (nSPS) is 15.7. The molecule has 0 aliphatic heterocycles. The third-order valence-corrected chi connectivity index (χ3v) is 2.54. The lowest BCUT2D eigenvalue weighted by Gasteiger charge is -2.32. The Balaban J connectivity index is 4.35. The lowest BCUT2D eigenvalue weighted by Crippen LogP contribution is -2.44.